The van der Waals surface area contributed by atoms with Crippen molar-refractivity contribution >= 4 is 5.97 Å². The molecule has 0 fully saturated rings. The first-order valence-corrected chi connectivity index (χ1v) is 6.04. The van der Waals surface area contributed by atoms with E-state index in [1.165, 1.54) is 7.11 Å². The van der Waals surface area contributed by atoms with Crippen LogP contribution in [0.25, 0.3) is 0 Å². The van der Waals surface area contributed by atoms with E-state index >= 15 is 0 Å². The molecule has 1 heterocycles. The number of ether oxygens (including phenoxy) is 2. The number of pyridine rings is 1. The molecule has 5 nitrogen and oxygen atoms in total. The van der Waals surface area contributed by atoms with E-state index in [1.54, 1.807) is 18.3 Å². The maximum atomic E-state index is 11.5. The molecular formula is C13H20N2O3. The summed E-state index contributed by atoms with van der Waals surface area (Å²) in [5.74, 6) is -0.104. The molecule has 1 aromatic heterocycles. The van der Waals surface area contributed by atoms with Crippen LogP contribution >= 0.6 is 0 Å². The standard InChI is InChI=1S/C13H20N2O3/c1-10(2)14-8-5-9-18-12-11(13(16)17-3)6-4-7-15-12/h4,6-7,10,14H,5,8-9H2,1-3H3. The third kappa shape index (κ3) is 4.71. The summed E-state index contributed by atoms with van der Waals surface area (Å²) in [5.41, 5.74) is 0.358. The van der Waals surface area contributed by atoms with E-state index in [9.17, 15) is 4.79 Å². The molecule has 18 heavy (non-hydrogen) atoms. The molecule has 0 aliphatic carbocycles. The zero-order valence-corrected chi connectivity index (χ0v) is 11.1. The fraction of sp³-hybridized carbons (Fsp3) is 0.538. The number of methoxy groups -OCH3 is 1. The van der Waals surface area contributed by atoms with Crippen LogP contribution in [-0.2, 0) is 4.74 Å². The average Bonchev–Trinajstić information content (AvgIpc) is 2.37. The zero-order valence-electron chi connectivity index (χ0n) is 11.1. The van der Waals surface area contributed by atoms with Crippen LogP contribution < -0.4 is 10.1 Å². The van der Waals surface area contributed by atoms with Gasteiger partial charge in [-0.15, -0.1) is 0 Å². The van der Waals surface area contributed by atoms with Crippen molar-refractivity contribution in [3.05, 3.63) is 23.9 Å². The Morgan fingerprint density at radius 1 is 1.50 bits per heavy atom. The van der Waals surface area contributed by atoms with Gasteiger partial charge < -0.3 is 14.8 Å². The quantitative estimate of drug-likeness (QED) is 0.590. The largest absolute Gasteiger partial charge is 0.477 e. The van der Waals surface area contributed by atoms with Crippen LogP contribution in [0.5, 0.6) is 5.88 Å². The molecule has 100 valence electrons. The Labute approximate surface area is 108 Å². The summed E-state index contributed by atoms with van der Waals surface area (Å²) >= 11 is 0. The third-order valence-corrected chi connectivity index (χ3v) is 2.29. The molecule has 1 rings (SSSR count). The van der Waals surface area contributed by atoms with Crippen molar-refractivity contribution in [1.82, 2.24) is 10.3 Å². The third-order valence-electron chi connectivity index (χ3n) is 2.29. The Balaban J connectivity index is 2.44. The highest BCUT2D eigenvalue weighted by Crippen LogP contribution is 2.15. The molecule has 0 radical (unpaired) electrons. The van der Waals surface area contributed by atoms with E-state index in [-0.39, 0.29) is 0 Å². The lowest BCUT2D eigenvalue weighted by molar-refractivity contribution is 0.0595. The SMILES string of the molecule is COC(=O)c1cccnc1OCCCNC(C)C. The van der Waals surface area contributed by atoms with Crippen molar-refractivity contribution in [3.63, 3.8) is 0 Å². The van der Waals surface area contributed by atoms with Crippen LogP contribution in [0.1, 0.15) is 30.6 Å². The van der Waals surface area contributed by atoms with Crippen LogP contribution in [0.4, 0.5) is 0 Å². The summed E-state index contributed by atoms with van der Waals surface area (Å²) in [6.45, 7) is 5.57. The van der Waals surface area contributed by atoms with Crippen molar-refractivity contribution in [2.24, 2.45) is 0 Å². The van der Waals surface area contributed by atoms with Gasteiger partial charge in [0.05, 0.1) is 13.7 Å². The lowest BCUT2D eigenvalue weighted by atomic mass is 10.3. The van der Waals surface area contributed by atoms with Crippen LogP contribution in [-0.4, -0.2) is 37.3 Å². The number of carbonyl (C=O) groups is 1. The Morgan fingerprint density at radius 2 is 2.28 bits per heavy atom. The van der Waals surface area contributed by atoms with E-state index in [4.69, 9.17) is 4.74 Å². The second-order valence-electron chi connectivity index (χ2n) is 4.16. The molecule has 0 aliphatic heterocycles. The minimum Gasteiger partial charge on any atom is -0.477 e. The first kappa shape index (κ1) is 14.4. The average molecular weight is 252 g/mol. The lowest BCUT2D eigenvalue weighted by Gasteiger charge is -2.10. The lowest BCUT2D eigenvalue weighted by Crippen LogP contribution is -2.25. The minimum absolute atomic E-state index is 0.328. The molecule has 0 spiro atoms. The minimum atomic E-state index is -0.432. The molecule has 0 aromatic carbocycles. The highest BCUT2D eigenvalue weighted by molar-refractivity contribution is 5.91. The van der Waals surface area contributed by atoms with Gasteiger partial charge in [-0.1, -0.05) is 13.8 Å². The Morgan fingerprint density at radius 3 is 2.94 bits per heavy atom. The summed E-state index contributed by atoms with van der Waals surface area (Å²) in [5, 5.41) is 3.29. The topological polar surface area (TPSA) is 60.5 Å². The maximum Gasteiger partial charge on any atom is 0.343 e. The number of hydrogen-bond donors (Lipinski definition) is 1. The molecule has 1 N–H and O–H groups in total. The van der Waals surface area contributed by atoms with Gasteiger partial charge in [-0.3, -0.25) is 0 Å². The summed E-state index contributed by atoms with van der Waals surface area (Å²) in [7, 11) is 1.34. The van der Waals surface area contributed by atoms with E-state index in [1.807, 2.05) is 0 Å². The van der Waals surface area contributed by atoms with E-state index < -0.39 is 5.97 Å². The van der Waals surface area contributed by atoms with Gasteiger partial charge in [0.25, 0.3) is 0 Å². The highest BCUT2D eigenvalue weighted by Gasteiger charge is 2.13. The van der Waals surface area contributed by atoms with Crippen molar-refractivity contribution in [2.75, 3.05) is 20.3 Å². The normalized spacial score (nSPS) is 10.4. The molecule has 0 bridgehead atoms. The van der Waals surface area contributed by atoms with Gasteiger partial charge >= 0.3 is 5.97 Å². The number of rotatable bonds is 7. The number of nitrogens with one attached hydrogen (secondary N) is 1. The van der Waals surface area contributed by atoms with Gasteiger partial charge in [-0.05, 0) is 25.1 Å². The summed E-state index contributed by atoms with van der Waals surface area (Å²) in [6, 6.07) is 3.78. The fourth-order valence-electron chi connectivity index (χ4n) is 1.40. The molecule has 5 heteroatoms. The van der Waals surface area contributed by atoms with Gasteiger partial charge in [0, 0.05) is 12.2 Å². The number of esters is 1. The van der Waals surface area contributed by atoms with Gasteiger partial charge in [-0.2, -0.15) is 0 Å². The predicted molar refractivity (Wildman–Crippen MR) is 68.8 cm³/mol. The van der Waals surface area contributed by atoms with Crippen molar-refractivity contribution in [2.45, 2.75) is 26.3 Å². The van der Waals surface area contributed by atoms with Crippen LogP contribution in [0.3, 0.4) is 0 Å². The number of carbonyl (C=O) groups excluding carboxylic acids is 1. The fourth-order valence-corrected chi connectivity index (χ4v) is 1.40. The number of nitrogens with zero attached hydrogens (tertiary/aromatic N) is 1. The van der Waals surface area contributed by atoms with Crippen LogP contribution in [0.2, 0.25) is 0 Å². The molecule has 0 saturated carbocycles. The van der Waals surface area contributed by atoms with E-state index in [0.717, 1.165) is 13.0 Å². The molecule has 0 amide bonds. The van der Waals surface area contributed by atoms with Gasteiger partial charge in [0.15, 0.2) is 0 Å². The van der Waals surface area contributed by atoms with Gasteiger partial charge in [-0.25, -0.2) is 9.78 Å². The summed E-state index contributed by atoms with van der Waals surface area (Å²) in [6.07, 6.45) is 2.45. The second-order valence-corrected chi connectivity index (χ2v) is 4.16. The highest BCUT2D eigenvalue weighted by atomic mass is 16.5. The predicted octanol–water partition coefficient (Wildman–Crippen LogP) is 1.64. The van der Waals surface area contributed by atoms with E-state index in [0.29, 0.717) is 24.1 Å². The molecule has 0 unspecified atom stereocenters. The van der Waals surface area contributed by atoms with Crippen LogP contribution in [0.15, 0.2) is 18.3 Å². The smallest absolute Gasteiger partial charge is 0.343 e. The van der Waals surface area contributed by atoms with E-state index in [2.05, 4.69) is 28.9 Å². The zero-order chi connectivity index (χ0) is 13.4. The molecule has 0 atom stereocenters. The Bertz CT molecular complexity index is 380. The summed E-state index contributed by atoms with van der Waals surface area (Å²) < 4.78 is 10.2. The Kier molecular flexibility index (Phi) is 6.14. The first-order chi connectivity index (χ1) is 8.65. The molecule has 0 saturated heterocycles. The number of aromatic nitrogens is 1. The van der Waals surface area contributed by atoms with Gasteiger partial charge in [0.1, 0.15) is 5.56 Å². The number of hydrogen-bond acceptors (Lipinski definition) is 5. The van der Waals surface area contributed by atoms with Crippen LogP contribution in [0, 0.1) is 0 Å². The maximum absolute atomic E-state index is 11.5. The van der Waals surface area contributed by atoms with Crippen molar-refractivity contribution in [1.29, 1.82) is 0 Å². The molecule has 1 aromatic rings. The second kappa shape index (κ2) is 7.66. The molecular weight excluding hydrogens is 232 g/mol. The Hall–Kier alpha value is -1.62. The summed E-state index contributed by atoms with van der Waals surface area (Å²) in [4.78, 5) is 15.5. The monoisotopic (exact) mass is 252 g/mol. The van der Waals surface area contributed by atoms with Gasteiger partial charge in [0.2, 0.25) is 5.88 Å². The molecule has 0 aliphatic rings. The van der Waals surface area contributed by atoms with Crippen molar-refractivity contribution < 1.29 is 14.3 Å². The van der Waals surface area contributed by atoms with Crippen molar-refractivity contribution in [3.8, 4) is 5.88 Å². The first-order valence-electron chi connectivity index (χ1n) is 6.04.